The second-order valence-electron chi connectivity index (χ2n) is 6.54. The second-order valence-corrected chi connectivity index (χ2v) is 6.54. The minimum absolute atomic E-state index is 0.0657. The van der Waals surface area contributed by atoms with Gasteiger partial charge in [-0.15, -0.1) is 10.2 Å². The summed E-state index contributed by atoms with van der Waals surface area (Å²) in [6, 6.07) is -0.186. The number of isocyanates is 1. The van der Waals surface area contributed by atoms with E-state index in [-0.39, 0.29) is 37.4 Å². The van der Waals surface area contributed by atoms with Gasteiger partial charge in [0.2, 0.25) is 17.8 Å². The molecule has 0 fully saturated rings. The van der Waals surface area contributed by atoms with Crippen LogP contribution in [0.4, 0.5) is 26.3 Å². The maximum atomic E-state index is 13.8. The first kappa shape index (κ1) is 21.5. The molecule has 0 radical (unpaired) electrons. The van der Waals surface area contributed by atoms with E-state index >= 15 is 0 Å². The molecule has 1 aromatic carbocycles. The third kappa shape index (κ3) is 4.51. The molecule has 1 aromatic heterocycles. The Morgan fingerprint density at radius 3 is 2.50 bits per heavy atom. The van der Waals surface area contributed by atoms with E-state index in [9.17, 15) is 35.9 Å². The average Bonchev–Trinajstić information content (AvgIpc) is 3.09. The predicted molar refractivity (Wildman–Crippen MR) is 87.0 cm³/mol. The van der Waals surface area contributed by atoms with Crippen molar-refractivity contribution < 1.29 is 35.9 Å². The van der Waals surface area contributed by atoms with Crippen molar-refractivity contribution in [2.45, 2.75) is 38.1 Å². The molecule has 30 heavy (non-hydrogen) atoms. The number of amides is 1. The van der Waals surface area contributed by atoms with E-state index in [0.29, 0.717) is 12.1 Å². The molecule has 13 heteroatoms. The maximum Gasteiger partial charge on any atom is 0.451 e. The van der Waals surface area contributed by atoms with Gasteiger partial charge in [-0.3, -0.25) is 4.79 Å². The molecule has 2 heterocycles. The second kappa shape index (κ2) is 8.27. The molecule has 7 nitrogen and oxygen atoms in total. The number of aliphatic imine (C=N–C) groups is 1. The number of alkyl halides is 3. The molecule has 0 saturated heterocycles. The molecule has 0 N–H and O–H groups in total. The molecular formula is C17H13F6N5O2. The van der Waals surface area contributed by atoms with Gasteiger partial charge >= 0.3 is 6.18 Å². The van der Waals surface area contributed by atoms with E-state index in [1.165, 1.54) is 11.0 Å². The van der Waals surface area contributed by atoms with Crippen LogP contribution < -0.4 is 0 Å². The number of aromatic nitrogens is 3. The zero-order valence-electron chi connectivity index (χ0n) is 15.1. The SMILES string of the molecule is O=C=NC(CC(=O)N1CCn2c(nnc2C(F)(F)F)C1)Cc1cc(F)c(F)cc1F. The topological polar surface area (TPSA) is 80.5 Å². The van der Waals surface area contributed by atoms with Crippen LogP contribution >= 0.6 is 0 Å². The van der Waals surface area contributed by atoms with E-state index in [1.807, 2.05) is 0 Å². The molecule has 0 aliphatic carbocycles. The molecule has 1 aliphatic heterocycles. The summed E-state index contributed by atoms with van der Waals surface area (Å²) in [5.74, 6) is -5.59. The Hall–Kier alpha value is -3.21. The number of carbonyl (C=O) groups is 1. The number of benzene rings is 1. The van der Waals surface area contributed by atoms with Crippen molar-refractivity contribution in [1.29, 1.82) is 0 Å². The van der Waals surface area contributed by atoms with Crippen LogP contribution in [0.1, 0.15) is 23.6 Å². The van der Waals surface area contributed by atoms with Gasteiger partial charge in [-0.1, -0.05) is 0 Å². The standard InChI is InChI=1S/C17H13F6N5O2/c18-11-6-13(20)12(19)4-9(11)3-10(24-8-29)5-15(30)27-1-2-28-14(7-27)25-26-16(28)17(21,22)23/h4,6,10H,1-3,5,7H2. The normalized spacial score (nSPS) is 14.8. The maximum absolute atomic E-state index is 13.8. The molecule has 160 valence electrons. The summed E-state index contributed by atoms with van der Waals surface area (Å²) in [7, 11) is 0. The largest absolute Gasteiger partial charge is 0.451 e. The molecule has 1 aliphatic rings. The van der Waals surface area contributed by atoms with Gasteiger partial charge in [-0.2, -0.15) is 13.2 Å². The number of fused-ring (bicyclic) bond motifs is 1. The van der Waals surface area contributed by atoms with E-state index in [1.54, 1.807) is 0 Å². The van der Waals surface area contributed by atoms with Crippen molar-refractivity contribution in [1.82, 2.24) is 19.7 Å². The van der Waals surface area contributed by atoms with Gasteiger partial charge < -0.3 is 9.47 Å². The van der Waals surface area contributed by atoms with Crippen LogP contribution in [0.2, 0.25) is 0 Å². The minimum atomic E-state index is -4.68. The third-order valence-electron chi connectivity index (χ3n) is 4.55. The number of halogens is 6. The van der Waals surface area contributed by atoms with E-state index in [2.05, 4.69) is 15.2 Å². The minimum Gasteiger partial charge on any atom is -0.333 e. The number of carbonyl (C=O) groups excluding carboxylic acids is 2. The number of hydrogen-bond donors (Lipinski definition) is 0. The molecule has 2 aromatic rings. The summed E-state index contributed by atoms with van der Waals surface area (Å²) < 4.78 is 79.7. The lowest BCUT2D eigenvalue weighted by molar-refractivity contribution is -0.148. The molecular weight excluding hydrogens is 420 g/mol. The van der Waals surface area contributed by atoms with Gasteiger partial charge in [-0.05, 0) is 18.1 Å². The Morgan fingerprint density at radius 1 is 1.13 bits per heavy atom. The lowest BCUT2D eigenvalue weighted by atomic mass is 10.0. The van der Waals surface area contributed by atoms with Crippen molar-refractivity contribution in [3.8, 4) is 0 Å². The Labute approximate surface area is 165 Å². The first-order valence-corrected chi connectivity index (χ1v) is 8.57. The fourth-order valence-corrected chi connectivity index (χ4v) is 3.12. The smallest absolute Gasteiger partial charge is 0.333 e. The van der Waals surface area contributed by atoms with E-state index in [0.717, 1.165) is 4.57 Å². The monoisotopic (exact) mass is 433 g/mol. The molecule has 3 rings (SSSR count). The van der Waals surface area contributed by atoms with E-state index in [4.69, 9.17) is 0 Å². The van der Waals surface area contributed by atoms with Crippen LogP contribution in [0.5, 0.6) is 0 Å². The Morgan fingerprint density at radius 2 is 1.83 bits per heavy atom. The molecule has 1 amide bonds. The van der Waals surface area contributed by atoms with Crippen molar-refractivity contribution in [2.24, 2.45) is 4.99 Å². The summed E-state index contributed by atoms with van der Waals surface area (Å²) in [6.07, 6.45) is -4.25. The zero-order valence-corrected chi connectivity index (χ0v) is 15.1. The van der Waals surface area contributed by atoms with Crippen LogP contribution in [0.3, 0.4) is 0 Å². The summed E-state index contributed by atoms with van der Waals surface area (Å²) in [4.78, 5) is 27.8. The van der Waals surface area contributed by atoms with Crippen LogP contribution in [-0.4, -0.2) is 44.2 Å². The third-order valence-corrected chi connectivity index (χ3v) is 4.55. The summed E-state index contributed by atoms with van der Waals surface area (Å²) in [6.45, 7) is -0.522. The highest BCUT2D eigenvalue weighted by Gasteiger charge is 2.40. The molecule has 0 spiro atoms. The first-order valence-electron chi connectivity index (χ1n) is 8.57. The number of hydrogen-bond acceptors (Lipinski definition) is 5. The molecule has 0 bridgehead atoms. The molecule has 0 saturated carbocycles. The highest BCUT2D eigenvalue weighted by molar-refractivity contribution is 5.77. The fraction of sp³-hybridized carbons (Fsp3) is 0.412. The summed E-state index contributed by atoms with van der Waals surface area (Å²) >= 11 is 0. The fourth-order valence-electron chi connectivity index (χ4n) is 3.12. The summed E-state index contributed by atoms with van der Waals surface area (Å²) in [5.41, 5.74) is -0.293. The van der Waals surface area contributed by atoms with Gasteiger partial charge in [0.25, 0.3) is 0 Å². The van der Waals surface area contributed by atoms with Gasteiger partial charge in [0.05, 0.1) is 19.0 Å². The van der Waals surface area contributed by atoms with E-state index < -0.39 is 47.8 Å². The number of rotatable bonds is 5. The Bertz CT molecular complexity index is 1010. The highest BCUT2D eigenvalue weighted by Crippen LogP contribution is 2.29. The van der Waals surface area contributed by atoms with Gasteiger partial charge in [-0.25, -0.2) is 23.0 Å². The lowest BCUT2D eigenvalue weighted by Crippen LogP contribution is -2.40. The first-order chi connectivity index (χ1) is 14.1. The van der Waals surface area contributed by atoms with Gasteiger partial charge in [0.15, 0.2) is 17.5 Å². The van der Waals surface area contributed by atoms with Gasteiger partial charge in [0.1, 0.15) is 5.82 Å². The van der Waals surface area contributed by atoms with Crippen molar-refractivity contribution in [3.05, 3.63) is 46.8 Å². The van der Waals surface area contributed by atoms with Crippen LogP contribution in [-0.2, 0) is 35.3 Å². The van der Waals surface area contributed by atoms with Crippen molar-refractivity contribution in [2.75, 3.05) is 6.54 Å². The van der Waals surface area contributed by atoms with Crippen molar-refractivity contribution in [3.63, 3.8) is 0 Å². The average molecular weight is 433 g/mol. The van der Waals surface area contributed by atoms with Crippen LogP contribution in [0.25, 0.3) is 0 Å². The van der Waals surface area contributed by atoms with Crippen LogP contribution in [0, 0.1) is 17.5 Å². The van der Waals surface area contributed by atoms with Crippen molar-refractivity contribution >= 4 is 12.0 Å². The molecule has 1 unspecified atom stereocenters. The predicted octanol–water partition coefficient (Wildman–Crippen LogP) is 2.39. The lowest BCUT2D eigenvalue weighted by Gasteiger charge is -2.28. The highest BCUT2D eigenvalue weighted by atomic mass is 19.4. The van der Waals surface area contributed by atoms with Gasteiger partial charge in [0, 0.05) is 19.2 Å². The number of nitrogens with zero attached hydrogens (tertiary/aromatic N) is 5. The van der Waals surface area contributed by atoms with Crippen LogP contribution in [0.15, 0.2) is 17.1 Å². The summed E-state index contributed by atoms with van der Waals surface area (Å²) in [5, 5.41) is 6.56. The zero-order chi connectivity index (χ0) is 22.1. The Balaban J connectivity index is 1.71. The quantitative estimate of drug-likeness (QED) is 0.314. The Kier molecular flexibility index (Phi) is 5.92. The molecule has 1 atom stereocenters.